The minimum Gasteiger partial charge on any atom is -0.354 e. The Morgan fingerprint density at radius 3 is 2.73 bits per heavy atom. The molecule has 1 aromatic heterocycles. The van der Waals surface area contributed by atoms with Crippen LogP contribution in [0.25, 0.3) is 0 Å². The molecule has 2 N–H and O–H groups in total. The fourth-order valence-electron chi connectivity index (χ4n) is 3.61. The first-order valence-corrected chi connectivity index (χ1v) is 11.5. The smallest absolute Gasteiger partial charge is 0.191 e. The number of fused-ring (bicyclic) bond motifs is 1. The monoisotopic (exact) mass is 380 g/mol. The predicted octanol–water partition coefficient (Wildman–Crippen LogP) is 0.288. The van der Waals surface area contributed by atoms with E-state index in [2.05, 4.69) is 27.6 Å². The molecule has 8 nitrogen and oxygen atoms in total. The molecular formula is C17H28N6O2S. The predicted molar refractivity (Wildman–Crippen MR) is 99.9 cm³/mol. The summed E-state index contributed by atoms with van der Waals surface area (Å²) in [6.07, 6.45) is 5.87. The zero-order valence-corrected chi connectivity index (χ0v) is 16.1. The highest BCUT2D eigenvalue weighted by molar-refractivity contribution is 7.91. The van der Waals surface area contributed by atoms with Gasteiger partial charge in [-0.1, -0.05) is 6.92 Å². The first-order valence-electron chi connectivity index (χ1n) is 9.71. The largest absolute Gasteiger partial charge is 0.354 e. The van der Waals surface area contributed by atoms with Gasteiger partial charge in [0.15, 0.2) is 21.6 Å². The van der Waals surface area contributed by atoms with E-state index < -0.39 is 9.84 Å². The van der Waals surface area contributed by atoms with Crippen LogP contribution in [0.5, 0.6) is 0 Å². The molecule has 0 amide bonds. The number of guanidine groups is 1. The molecule has 2 unspecified atom stereocenters. The van der Waals surface area contributed by atoms with Crippen LogP contribution in [0.4, 0.5) is 0 Å². The molecule has 0 bridgehead atoms. The number of aliphatic imine (C=N–C) groups is 1. The Bertz CT molecular complexity index is 783. The first-order chi connectivity index (χ1) is 12.5. The lowest BCUT2D eigenvalue weighted by Gasteiger charge is -2.25. The Kier molecular flexibility index (Phi) is 4.90. The molecule has 144 valence electrons. The summed E-state index contributed by atoms with van der Waals surface area (Å²) in [5.41, 5.74) is 0. The zero-order chi connectivity index (χ0) is 18.1. The van der Waals surface area contributed by atoms with Crippen LogP contribution >= 0.6 is 0 Å². The average molecular weight is 381 g/mol. The number of aryl methyl sites for hydroxylation is 2. The second-order valence-corrected chi connectivity index (χ2v) is 9.97. The normalized spacial score (nSPS) is 28.0. The highest BCUT2D eigenvalue weighted by Crippen LogP contribution is 2.20. The molecule has 0 radical (unpaired) electrons. The van der Waals surface area contributed by atoms with Crippen LogP contribution in [0.1, 0.15) is 44.3 Å². The molecule has 1 saturated heterocycles. The molecule has 26 heavy (non-hydrogen) atoms. The lowest BCUT2D eigenvalue weighted by atomic mass is 10.1. The lowest BCUT2D eigenvalue weighted by Crippen LogP contribution is -2.48. The van der Waals surface area contributed by atoms with Crippen LogP contribution in [0, 0.1) is 5.92 Å². The summed E-state index contributed by atoms with van der Waals surface area (Å²) in [6.45, 7) is 3.44. The minimum atomic E-state index is -2.84. The van der Waals surface area contributed by atoms with Crippen LogP contribution in [-0.2, 0) is 29.2 Å². The van der Waals surface area contributed by atoms with Crippen molar-refractivity contribution in [1.29, 1.82) is 0 Å². The van der Waals surface area contributed by atoms with Crippen molar-refractivity contribution >= 4 is 15.8 Å². The van der Waals surface area contributed by atoms with E-state index in [0.717, 1.165) is 49.8 Å². The second-order valence-electron chi connectivity index (χ2n) is 7.74. The zero-order valence-electron chi connectivity index (χ0n) is 15.3. The van der Waals surface area contributed by atoms with E-state index in [4.69, 9.17) is 4.99 Å². The highest BCUT2D eigenvalue weighted by atomic mass is 32.2. The van der Waals surface area contributed by atoms with E-state index in [1.54, 1.807) is 0 Å². The SMILES string of the molecule is CCc1nc2n(n1)CC(NC(=NCC1CCS(=O)(=O)C1)NC1CC1)CC2. The van der Waals surface area contributed by atoms with E-state index in [-0.39, 0.29) is 17.7 Å². The third kappa shape index (κ3) is 4.36. The third-order valence-electron chi connectivity index (χ3n) is 5.31. The Labute approximate surface area is 154 Å². The van der Waals surface area contributed by atoms with E-state index in [0.29, 0.717) is 18.3 Å². The van der Waals surface area contributed by atoms with Crippen molar-refractivity contribution in [3.8, 4) is 0 Å². The van der Waals surface area contributed by atoms with E-state index >= 15 is 0 Å². The molecule has 9 heteroatoms. The van der Waals surface area contributed by atoms with Crippen molar-refractivity contribution in [2.75, 3.05) is 18.1 Å². The molecular weight excluding hydrogens is 352 g/mol. The lowest BCUT2D eigenvalue weighted by molar-refractivity contribution is 0.391. The molecule has 1 saturated carbocycles. The van der Waals surface area contributed by atoms with E-state index in [1.807, 2.05) is 4.68 Å². The average Bonchev–Trinajstić information content (AvgIpc) is 3.21. The Morgan fingerprint density at radius 2 is 2.04 bits per heavy atom. The van der Waals surface area contributed by atoms with Crippen molar-refractivity contribution in [2.24, 2.45) is 10.9 Å². The van der Waals surface area contributed by atoms with Crippen LogP contribution in [-0.4, -0.2) is 59.3 Å². The molecule has 2 fully saturated rings. The van der Waals surface area contributed by atoms with Crippen LogP contribution in [0.2, 0.25) is 0 Å². The van der Waals surface area contributed by atoms with Gasteiger partial charge < -0.3 is 10.6 Å². The summed E-state index contributed by atoms with van der Waals surface area (Å²) in [4.78, 5) is 9.27. The first kappa shape index (κ1) is 17.8. The number of hydrogen-bond donors (Lipinski definition) is 2. The number of nitrogens with one attached hydrogen (secondary N) is 2. The van der Waals surface area contributed by atoms with Gasteiger partial charge in [0, 0.05) is 31.5 Å². The standard InChI is InChI=1S/C17H28N6O2S/c1-2-15-21-16-6-5-14(10-23(16)22-15)20-17(19-13-3-4-13)18-9-12-7-8-26(24,25)11-12/h12-14H,2-11H2,1H3,(H2,18,19,20). The summed E-state index contributed by atoms with van der Waals surface area (Å²) in [6, 6.07) is 0.775. The van der Waals surface area contributed by atoms with Gasteiger partial charge in [-0.05, 0) is 31.6 Å². The fourth-order valence-corrected chi connectivity index (χ4v) is 5.46. The summed E-state index contributed by atoms with van der Waals surface area (Å²) in [7, 11) is -2.84. The molecule has 2 atom stereocenters. The van der Waals surface area contributed by atoms with Crippen LogP contribution in [0.15, 0.2) is 4.99 Å². The Morgan fingerprint density at radius 1 is 1.23 bits per heavy atom. The van der Waals surface area contributed by atoms with Crippen molar-refractivity contribution < 1.29 is 8.42 Å². The van der Waals surface area contributed by atoms with Crippen molar-refractivity contribution in [3.63, 3.8) is 0 Å². The minimum absolute atomic E-state index is 0.151. The highest BCUT2D eigenvalue weighted by Gasteiger charge is 2.29. The van der Waals surface area contributed by atoms with Gasteiger partial charge in [-0.2, -0.15) is 5.10 Å². The Hall–Kier alpha value is -1.64. The molecule has 0 aromatic carbocycles. The number of rotatable bonds is 5. The topological polar surface area (TPSA) is 101 Å². The van der Waals surface area contributed by atoms with Gasteiger partial charge in [-0.3, -0.25) is 4.99 Å². The summed E-state index contributed by atoms with van der Waals surface area (Å²) in [5, 5.41) is 11.6. The molecule has 4 rings (SSSR count). The van der Waals surface area contributed by atoms with Gasteiger partial charge in [0.2, 0.25) is 0 Å². The molecule has 0 spiro atoms. The van der Waals surface area contributed by atoms with Crippen LogP contribution < -0.4 is 10.6 Å². The molecule has 2 aliphatic heterocycles. The molecule has 1 aromatic rings. The number of aromatic nitrogens is 3. The van der Waals surface area contributed by atoms with Gasteiger partial charge in [-0.15, -0.1) is 0 Å². The maximum atomic E-state index is 11.6. The maximum Gasteiger partial charge on any atom is 0.191 e. The van der Waals surface area contributed by atoms with Crippen molar-refractivity contribution in [1.82, 2.24) is 25.4 Å². The number of sulfone groups is 1. The van der Waals surface area contributed by atoms with Crippen molar-refractivity contribution in [3.05, 3.63) is 11.6 Å². The van der Waals surface area contributed by atoms with Crippen LogP contribution in [0.3, 0.4) is 0 Å². The quantitative estimate of drug-likeness (QED) is 0.562. The van der Waals surface area contributed by atoms with Gasteiger partial charge in [0.25, 0.3) is 0 Å². The van der Waals surface area contributed by atoms with Crippen molar-refractivity contribution in [2.45, 2.75) is 64.1 Å². The molecule has 1 aliphatic carbocycles. The maximum absolute atomic E-state index is 11.6. The summed E-state index contributed by atoms with van der Waals surface area (Å²) >= 11 is 0. The Balaban J connectivity index is 1.38. The summed E-state index contributed by atoms with van der Waals surface area (Å²) in [5.74, 6) is 3.54. The fraction of sp³-hybridized carbons (Fsp3) is 0.824. The molecule has 3 aliphatic rings. The third-order valence-corrected chi connectivity index (χ3v) is 7.15. The number of hydrogen-bond acceptors (Lipinski definition) is 5. The second kappa shape index (κ2) is 7.17. The van der Waals surface area contributed by atoms with Gasteiger partial charge in [0.05, 0.1) is 18.1 Å². The van der Waals surface area contributed by atoms with Gasteiger partial charge >= 0.3 is 0 Å². The van der Waals surface area contributed by atoms with E-state index in [1.165, 1.54) is 12.8 Å². The van der Waals surface area contributed by atoms with Gasteiger partial charge in [0.1, 0.15) is 5.82 Å². The van der Waals surface area contributed by atoms with E-state index in [9.17, 15) is 8.42 Å². The summed E-state index contributed by atoms with van der Waals surface area (Å²) < 4.78 is 25.3. The molecule has 3 heterocycles. The number of nitrogens with zero attached hydrogens (tertiary/aromatic N) is 4. The van der Waals surface area contributed by atoms with Gasteiger partial charge in [-0.25, -0.2) is 18.1 Å².